The molecule has 0 aromatic carbocycles. The van der Waals surface area contributed by atoms with E-state index in [1.165, 1.54) is 27.2 Å². The number of hydrogen-bond acceptors (Lipinski definition) is 6. The van der Waals surface area contributed by atoms with E-state index in [0.29, 0.717) is 16.2 Å². The van der Waals surface area contributed by atoms with Gasteiger partial charge < -0.3 is 24.1 Å². The lowest BCUT2D eigenvalue weighted by atomic mass is 10.1. The lowest BCUT2D eigenvalue weighted by Gasteiger charge is -2.33. The number of pyridine rings is 1. The molecule has 3 aromatic heterocycles. The van der Waals surface area contributed by atoms with Crippen LogP contribution < -0.4 is 14.8 Å². The minimum absolute atomic E-state index is 0.0667. The molecular formula is C25H31F5N6O3. The molecule has 0 aliphatic heterocycles. The van der Waals surface area contributed by atoms with Gasteiger partial charge in [-0.3, -0.25) is 4.98 Å². The van der Waals surface area contributed by atoms with Crippen LogP contribution in [0.25, 0.3) is 16.9 Å². The summed E-state index contributed by atoms with van der Waals surface area (Å²) in [6.45, 7) is 4.50. The summed E-state index contributed by atoms with van der Waals surface area (Å²) in [4.78, 5) is 26.3. The van der Waals surface area contributed by atoms with E-state index in [0.717, 1.165) is 6.20 Å². The second-order valence-corrected chi connectivity index (χ2v) is 8.81. The summed E-state index contributed by atoms with van der Waals surface area (Å²) in [5, 5.41) is 2.46. The number of carbonyl (C=O) groups is 1. The number of rotatable bonds is 11. The highest BCUT2D eigenvalue weighted by Gasteiger charge is 2.47. The van der Waals surface area contributed by atoms with Crippen molar-refractivity contribution in [3.05, 3.63) is 36.0 Å². The van der Waals surface area contributed by atoms with Gasteiger partial charge in [-0.15, -0.1) is 0 Å². The Hall–Kier alpha value is -3.71. The van der Waals surface area contributed by atoms with Crippen molar-refractivity contribution in [2.24, 2.45) is 0 Å². The predicted octanol–water partition coefficient (Wildman–Crippen LogP) is 5.58. The van der Waals surface area contributed by atoms with Gasteiger partial charge >= 0.3 is 12.2 Å². The van der Waals surface area contributed by atoms with Crippen molar-refractivity contribution in [2.75, 3.05) is 20.8 Å². The number of imidazole rings is 1. The third-order valence-electron chi connectivity index (χ3n) is 6.16. The van der Waals surface area contributed by atoms with Gasteiger partial charge in [0, 0.05) is 37.0 Å². The molecule has 214 valence electrons. The number of hydrogen-bond donors (Lipinski definition) is 1. The summed E-state index contributed by atoms with van der Waals surface area (Å²) in [6.07, 6.45) is -3.35. The van der Waals surface area contributed by atoms with Crippen LogP contribution in [0, 0.1) is 6.92 Å². The van der Waals surface area contributed by atoms with Gasteiger partial charge in [-0.05, 0) is 32.8 Å². The number of nitrogens with one attached hydrogen (secondary N) is 1. The average Bonchev–Trinajstić information content (AvgIpc) is 3.27. The molecule has 9 nitrogen and oxygen atoms in total. The molecule has 3 rings (SSSR count). The predicted molar refractivity (Wildman–Crippen MR) is 133 cm³/mol. The Labute approximate surface area is 222 Å². The van der Waals surface area contributed by atoms with E-state index in [1.807, 2.05) is 0 Å². The Balaban J connectivity index is 2.07. The van der Waals surface area contributed by atoms with Gasteiger partial charge in [0.05, 0.1) is 37.5 Å². The van der Waals surface area contributed by atoms with Crippen LogP contribution in [-0.4, -0.2) is 69.7 Å². The Bertz CT molecular complexity index is 1280. The molecule has 14 heteroatoms. The molecule has 0 aliphatic rings. The maximum atomic E-state index is 14.5. The van der Waals surface area contributed by atoms with E-state index in [9.17, 15) is 26.7 Å². The number of fused-ring (bicyclic) bond motifs is 1. The molecule has 0 spiro atoms. The first kappa shape index (κ1) is 29.8. The normalized spacial score (nSPS) is 13.4. The fraction of sp³-hybridized carbons (Fsp3) is 0.520. The zero-order chi connectivity index (χ0) is 28.9. The second kappa shape index (κ2) is 12.4. The first-order chi connectivity index (χ1) is 18.4. The molecule has 0 fully saturated rings. The molecule has 0 radical (unpaired) electrons. The maximum absolute atomic E-state index is 14.5. The summed E-state index contributed by atoms with van der Waals surface area (Å²) in [7, 11) is 2.74. The summed E-state index contributed by atoms with van der Waals surface area (Å²) in [5.41, 5.74) is 1.03. The van der Waals surface area contributed by atoms with E-state index in [4.69, 9.17) is 9.47 Å². The third kappa shape index (κ3) is 6.84. The number of amides is 2. The van der Waals surface area contributed by atoms with E-state index in [-0.39, 0.29) is 42.3 Å². The third-order valence-corrected chi connectivity index (χ3v) is 6.16. The lowest BCUT2D eigenvalue weighted by Crippen LogP contribution is -2.50. The Kier molecular flexibility index (Phi) is 9.51. The van der Waals surface area contributed by atoms with E-state index in [1.54, 1.807) is 30.6 Å². The molecule has 1 N–H and O–H groups in total. The Morgan fingerprint density at radius 2 is 1.85 bits per heavy atom. The summed E-state index contributed by atoms with van der Waals surface area (Å²) in [6, 6.07) is -3.01. The van der Waals surface area contributed by atoms with E-state index >= 15 is 0 Å². The van der Waals surface area contributed by atoms with Crippen LogP contribution in [0.1, 0.15) is 50.5 Å². The molecule has 0 aliphatic carbocycles. The maximum Gasteiger partial charge on any atom is 0.414 e. The number of ether oxygens (including phenoxy) is 2. The quantitative estimate of drug-likeness (QED) is 0.309. The molecule has 2 atom stereocenters. The number of aromatic nitrogens is 4. The summed E-state index contributed by atoms with van der Waals surface area (Å²) in [5.74, 6) is 0.299. The molecule has 0 saturated heterocycles. The smallest absolute Gasteiger partial charge is 0.414 e. The number of halogens is 5. The van der Waals surface area contributed by atoms with Crippen molar-refractivity contribution in [3.63, 3.8) is 0 Å². The minimum Gasteiger partial charge on any atom is -0.494 e. The van der Waals surface area contributed by atoms with Crippen molar-refractivity contribution in [1.29, 1.82) is 0 Å². The van der Waals surface area contributed by atoms with Gasteiger partial charge in [-0.2, -0.15) is 13.2 Å². The van der Waals surface area contributed by atoms with E-state index in [2.05, 4.69) is 20.3 Å². The monoisotopic (exact) mass is 558 g/mol. The molecule has 3 heterocycles. The number of methoxy groups -OCH3 is 2. The van der Waals surface area contributed by atoms with Crippen LogP contribution in [0.15, 0.2) is 24.7 Å². The lowest BCUT2D eigenvalue weighted by molar-refractivity contribution is -0.179. The van der Waals surface area contributed by atoms with Gasteiger partial charge in [0.2, 0.25) is 12.1 Å². The van der Waals surface area contributed by atoms with Crippen molar-refractivity contribution in [1.82, 2.24) is 29.6 Å². The standard InChI is InChI=1S/C25H31F5N6O3/c1-6-15(8-9-20(26)27)33-24(37)36(7-2)21(25(28,29)30)17-10-16(19(38-4)11-31-17)18-13-35-12-14(3)32-22(35)23(34-18)39-5/h10-13,15,20-21H,6-9H2,1-5H3,(H,33,37)/t15?,21-/m0/s1. The fourth-order valence-corrected chi connectivity index (χ4v) is 4.24. The number of carbonyl (C=O) groups excluding carboxylic acids is 1. The van der Waals surface area contributed by atoms with Crippen LogP contribution in [-0.2, 0) is 0 Å². The largest absolute Gasteiger partial charge is 0.494 e. The van der Waals surface area contributed by atoms with Crippen LogP contribution in [0.3, 0.4) is 0 Å². The molecule has 0 bridgehead atoms. The van der Waals surface area contributed by atoms with Crippen molar-refractivity contribution >= 4 is 11.7 Å². The highest BCUT2D eigenvalue weighted by Crippen LogP contribution is 2.40. The molecular weight excluding hydrogens is 527 g/mol. The Morgan fingerprint density at radius 1 is 1.13 bits per heavy atom. The average molecular weight is 559 g/mol. The first-order valence-corrected chi connectivity index (χ1v) is 12.3. The SMILES string of the molecule is CCC(CCC(F)F)NC(=O)N(CC)[C@@H](c1cc(-c2cn3cc(C)nc3c(OC)n2)c(OC)cn1)C(F)(F)F. The van der Waals surface area contributed by atoms with Crippen LogP contribution in [0.2, 0.25) is 0 Å². The molecule has 3 aromatic rings. The van der Waals surface area contributed by atoms with Crippen molar-refractivity contribution < 1.29 is 36.2 Å². The van der Waals surface area contributed by atoms with Gasteiger partial charge in [0.15, 0.2) is 6.04 Å². The summed E-state index contributed by atoms with van der Waals surface area (Å²) < 4.78 is 81.1. The molecule has 2 amide bonds. The highest BCUT2D eigenvalue weighted by molar-refractivity contribution is 5.75. The molecule has 39 heavy (non-hydrogen) atoms. The topological polar surface area (TPSA) is 93.9 Å². The summed E-state index contributed by atoms with van der Waals surface area (Å²) >= 11 is 0. The van der Waals surface area contributed by atoms with Gasteiger partial charge in [0.25, 0.3) is 5.88 Å². The Morgan fingerprint density at radius 3 is 2.41 bits per heavy atom. The zero-order valence-electron chi connectivity index (χ0n) is 22.2. The molecule has 1 unspecified atom stereocenters. The number of aryl methyl sites for hydroxylation is 1. The first-order valence-electron chi connectivity index (χ1n) is 12.3. The van der Waals surface area contributed by atoms with Crippen LogP contribution in [0.4, 0.5) is 26.7 Å². The number of alkyl halides is 5. The van der Waals surface area contributed by atoms with Crippen molar-refractivity contribution in [2.45, 2.75) is 64.7 Å². The van der Waals surface area contributed by atoms with Gasteiger partial charge in [0.1, 0.15) is 5.75 Å². The zero-order valence-corrected chi connectivity index (χ0v) is 22.2. The number of nitrogens with zero attached hydrogens (tertiary/aromatic N) is 5. The number of urea groups is 1. The minimum atomic E-state index is -4.91. The fourth-order valence-electron chi connectivity index (χ4n) is 4.24. The van der Waals surface area contributed by atoms with E-state index < -0.39 is 42.8 Å². The molecule has 0 saturated carbocycles. The highest BCUT2D eigenvalue weighted by atomic mass is 19.4. The van der Waals surface area contributed by atoms with Crippen LogP contribution >= 0.6 is 0 Å². The second-order valence-electron chi connectivity index (χ2n) is 8.81. The van der Waals surface area contributed by atoms with Gasteiger partial charge in [-0.1, -0.05) is 6.92 Å². The van der Waals surface area contributed by atoms with Crippen LogP contribution in [0.5, 0.6) is 11.6 Å². The van der Waals surface area contributed by atoms with Gasteiger partial charge in [-0.25, -0.2) is 23.5 Å². The van der Waals surface area contributed by atoms with Crippen molar-refractivity contribution in [3.8, 4) is 22.9 Å².